The minimum Gasteiger partial charge on any atom is -0.489 e. The SMILES string of the molecule is O=C(NCc1cc2nc(N3CCOc4cc(N5CC(F)(F)C5)cnc43)ccc2cn1)c1cc(F)c2c(c1)S(=O)(=O)[C@@H](F)CCO2. The maximum atomic E-state index is 14.7. The lowest BCUT2D eigenvalue weighted by Crippen LogP contribution is -2.56. The smallest absolute Gasteiger partial charge is 0.282 e. The average Bonchev–Trinajstić information content (AvgIpc) is 3.12. The molecule has 1 N–H and O–H groups in total. The quantitative estimate of drug-likeness (QED) is 0.320. The Kier molecular flexibility index (Phi) is 6.91. The van der Waals surface area contributed by atoms with E-state index in [0.717, 1.165) is 12.1 Å². The van der Waals surface area contributed by atoms with Gasteiger partial charge in [-0.25, -0.2) is 35.9 Å². The lowest BCUT2D eigenvalue weighted by molar-refractivity contribution is -0.0263. The number of benzene rings is 1. The summed E-state index contributed by atoms with van der Waals surface area (Å²) < 4.78 is 91.6. The van der Waals surface area contributed by atoms with Crippen LogP contribution in [0.1, 0.15) is 22.5 Å². The molecule has 7 rings (SSSR count). The standard InChI is InChI=1S/C29H24F4N6O5S/c30-20-7-17(8-23-26(20)44-5-3-24(31)45(23,41)42)28(40)36-12-18-9-21-16(11-34-18)1-2-25(37-21)39-4-6-43-22-10-19(13-35-27(22)39)38-14-29(32,33)15-38/h1-2,7-11,13,24H,3-6,12,14-15H2,(H,36,40)/t24-/m1/s1. The second-order valence-electron chi connectivity index (χ2n) is 10.8. The molecule has 3 aliphatic heterocycles. The second-order valence-corrected chi connectivity index (χ2v) is 12.9. The minimum atomic E-state index is -4.55. The van der Waals surface area contributed by atoms with E-state index in [1.807, 2.05) is 11.0 Å². The molecule has 1 atom stereocenters. The summed E-state index contributed by atoms with van der Waals surface area (Å²) in [6, 6.07) is 8.68. The fraction of sp³-hybridized carbons (Fsp3) is 0.310. The normalized spacial score (nSPS) is 19.8. The highest BCUT2D eigenvalue weighted by atomic mass is 32.2. The van der Waals surface area contributed by atoms with Crippen molar-refractivity contribution in [2.75, 3.05) is 42.6 Å². The van der Waals surface area contributed by atoms with Crippen molar-refractivity contribution in [2.24, 2.45) is 0 Å². The van der Waals surface area contributed by atoms with Gasteiger partial charge in [0.25, 0.3) is 11.8 Å². The third-order valence-corrected chi connectivity index (χ3v) is 9.51. The number of carbonyl (C=O) groups excluding carboxylic acids is 1. The molecule has 0 bridgehead atoms. The third-order valence-electron chi connectivity index (χ3n) is 7.68. The van der Waals surface area contributed by atoms with Crippen LogP contribution in [0, 0.1) is 5.82 Å². The first-order chi connectivity index (χ1) is 21.5. The number of rotatable bonds is 5. The van der Waals surface area contributed by atoms with Gasteiger partial charge in [-0.15, -0.1) is 0 Å². The maximum absolute atomic E-state index is 14.7. The van der Waals surface area contributed by atoms with Crippen LogP contribution in [-0.2, 0) is 16.4 Å². The number of sulfone groups is 1. The molecule has 11 nitrogen and oxygen atoms in total. The first kappa shape index (κ1) is 29.0. The highest BCUT2D eigenvalue weighted by Crippen LogP contribution is 2.40. The van der Waals surface area contributed by atoms with Gasteiger partial charge in [-0.1, -0.05) is 0 Å². The summed E-state index contributed by atoms with van der Waals surface area (Å²) in [7, 11) is -4.55. The van der Waals surface area contributed by atoms with Gasteiger partial charge in [0.2, 0.25) is 15.3 Å². The highest BCUT2D eigenvalue weighted by molar-refractivity contribution is 7.92. The number of alkyl halides is 3. The molecule has 1 aromatic carbocycles. The number of amides is 1. The molecule has 1 fully saturated rings. The molecule has 0 saturated carbocycles. The number of pyridine rings is 3. The number of aromatic nitrogens is 3. The Labute approximate surface area is 253 Å². The van der Waals surface area contributed by atoms with Crippen molar-refractivity contribution in [3.8, 4) is 11.5 Å². The zero-order valence-electron chi connectivity index (χ0n) is 23.3. The van der Waals surface area contributed by atoms with Crippen LogP contribution in [0.2, 0.25) is 0 Å². The van der Waals surface area contributed by atoms with Crippen LogP contribution in [0.5, 0.6) is 11.5 Å². The summed E-state index contributed by atoms with van der Waals surface area (Å²) in [6.45, 7) is -0.410. The molecule has 0 radical (unpaired) electrons. The van der Waals surface area contributed by atoms with Crippen molar-refractivity contribution < 1.29 is 40.2 Å². The van der Waals surface area contributed by atoms with Crippen molar-refractivity contribution in [3.05, 3.63) is 65.9 Å². The van der Waals surface area contributed by atoms with E-state index in [4.69, 9.17) is 14.5 Å². The summed E-state index contributed by atoms with van der Waals surface area (Å²) in [5.74, 6) is -3.72. The van der Waals surface area contributed by atoms with Gasteiger partial charge in [0.05, 0.1) is 55.9 Å². The molecule has 1 amide bonds. The van der Waals surface area contributed by atoms with E-state index >= 15 is 0 Å². The van der Waals surface area contributed by atoms with Crippen LogP contribution >= 0.6 is 0 Å². The van der Waals surface area contributed by atoms with E-state index in [9.17, 15) is 30.8 Å². The molecule has 0 spiro atoms. The van der Waals surface area contributed by atoms with Crippen molar-refractivity contribution in [1.82, 2.24) is 20.3 Å². The molecule has 45 heavy (non-hydrogen) atoms. The highest BCUT2D eigenvalue weighted by Gasteiger charge is 2.44. The molecule has 234 valence electrons. The Bertz CT molecular complexity index is 1960. The molecule has 1 saturated heterocycles. The lowest BCUT2D eigenvalue weighted by atomic mass is 10.1. The van der Waals surface area contributed by atoms with E-state index in [-0.39, 0.29) is 31.8 Å². The van der Waals surface area contributed by atoms with E-state index in [1.165, 1.54) is 11.1 Å². The van der Waals surface area contributed by atoms with Gasteiger partial charge in [0, 0.05) is 29.6 Å². The predicted molar refractivity (Wildman–Crippen MR) is 153 cm³/mol. The van der Waals surface area contributed by atoms with E-state index in [2.05, 4.69) is 15.3 Å². The number of anilines is 3. The monoisotopic (exact) mass is 644 g/mol. The molecule has 4 aromatic rings. The van der Waals surface area contributed by atoms with Crippen LogP contribution in [0.4, 0.5) is 34.9 Å². The average molecular weight is 645 g/mol. The second kappa shape index (κ2) is 10.7. The fourth-order valence-electron chi connectivity index (χ4n) is 5.34. The Morgan fingerprint density at radius 2 is 1.89 bits per heavy atom. The van der Waals surface area contributed by atoms with Gasteiger partial charge in [-0.05, 0) is 30.3 Å². The Morgan fingerprint density at radius 3 is 2.69 bits per heavy atom. The van der Waals surface area contributed by atoms with Crippen molar-refractivity contribution in [3.63, 3.8) is 0 Å². The van der Waals surface area contributed by atoms with Gasteiger partial charge in [0.15, 0.2) is 23.1 Å². The first-order valence-electron chi connectivity index (χ1n) is 13.9. The van der Waals surface area contributed by atoms with Crippen LogP contribution in [-0.4, -0.2) is 73.6 Å². The molecule has 0 unspecified atom stereocenters. The number of ether oxygens (including phenoxy) is 2. The number of nitrogens with one attached hydrogen (secondary N) is 1. The fourth-order valence-corrected chi connectivity index (χ4v) is 6.73. The van der Waals surface area contributed by atoms with E-state index < -0.39 is 50.1 Å². The number of nitrogens with zero attached hydrogens (tertiary/aromatic N) is 5. The minimum absolute atomic E-state index is 0.103. The Hall–Kier alpha value is -4.73. The summed E-state index contributed by atoms with van der Waals surface area (Å²) in [5, 5.41) is 3.29. The van der Waals surface area contributed by atoms with Crippen LogP contribution in [0.3, 0.4) is 0 Å². The van der Waals surface area contributed by atoms with E-state index in [1.54, 1.807) is 24.4 Å². The number of fused-ring (bicyclic) bond motifs is 3. The first-order valence-corrected chi connectivity index (χ1v) is 15.4. The van der Waals surface area contributed by atoms with Gasteiger partial charge in [0.1, 0.15) is 17.3 Å². The van der Waals surface area contributed by atoms with Crippen LogP contribution in [0.25, 0.3) is 10.9 Å². The van der Waals surface area contributed by atoms with E-state index in [0.29, 0.717) is 52.8 Å². The van der Waals surface area contributed by atoms with Crippen LogP contribution in [0.15, 0.2) is 53.7 Å². The molecule has 6 heterocycles. The lowest BCUT2D eigenvalue weighted by Gasteiger charge is -2.40. The topological polar surface area (TPSA) is 127 Å². The summed E-state index contributed by atoms with van der Waals surface area (Å²) in [6.07, 6.45) is 2.64. The predicted octanol–water partition coefficient (Wildman–Crippen LogP) is 3.93. The molecule has 16 heteroatoms. The van der Waals surface area contributed by atoms with Crippen molar-refractivity contribution in [1.29, 1.82) is 0 Å². The molecule has 0 aliphatic carbocycles. The van der Waals surface area contributed by atoms with Crippen molar-refractivity contribution >= 4 is 44.0 Å². The Balaban J connectivity index is 1.10. The largest absolute Gasteiger partial charge is 0.489 e. The van der Waals surface area contributed by atoms with Gasteiger partial charge < -0.3 is 24.6 Å². The molecular formula is C29H24F4N6O5S. The number of hydrogen-bond donors (Lipinski definition) is 1. The number of halogens is 4. The summed E-state index contributed by atoms with van der Waals surface area (Å²) >= 11 is 0. The Morgan fingerprint density at radius 1 is 1.07 bits per heavy atom. The molecule has 3 aromatic heterocycles. The summed E-state index contributed by atoms with van der Waals surface area (Å²) in [5.41, 5.74) is -1.10. The van der Waals surface area contributed by atoms with Crippen molar-refractivity contribution in [2.45, 2.75) is 29.3 Å². The zero-order chi connectivity index (χ0) is 31.5. The van der Waals surface area contributed by atoms with Gasteiger partial charge in [-0.3, -0.25) is 9.78 Å². The molecular weight excluding hydrogens is 620 g/mol. The molecule has 3 aliphatic rings. The van der Waals surface area contributed by atoms with Gasteiger partial charge in [-0.2, -0.15) is 0 Å². The van der Waals surface area contributed by atoms with Crippen LogP contribution < -0.4 is 24.6 Å². The third kappa shape index (κ3) is 5.32. The number of hydrogen-bond acceptors (Lipinski definition) is 10. The zero-order valence-corrected chi connectivity index (χ0v) is 24.2. The van der Waals surface area contributed by atoms with Gasteiger partial charge >= 0.3 is 0 Å². The maximum Gasteiger partial charge on any atom is 0.282 e. The summed E-state index contributed by atoms with van der Waals surface area (Å²) in [4.78, 5) is 29.1. The number of carbonyl (C=O) groups is 1.